The van der Waals surface area contributed by atoms with Gasteiger partial charge in [0.1, 0.15) is 0 Å². The molecule has 0 aliphatic rings. The first-order chi connectivity index (χ1) is 4.77. The molecular formula is C7H6BrNS. The Labute approximate surface area is 71.4 Å². The maximum absolute atomic E-state index is 3.44. The molecule has 0 unspecified atom stereocenters. The molecule has 1 nitrogen and oxygen atoms in total. The van der Waals surface area contributed by atoms with Gasteiger partial charge < -0.3 is 4.57 Å². The van der Waals surface area contributed by atoms with E-state index < -0.39 is 0 Å². The third-order valence-electron chi connectivity index (χ3n) is 1.54. The summed E-state index contributed by atoms with van der Waals surface area (Å²) in [5, 5.41) is 0. The van der Waals surface area contributed by atoms with E-state index in [2.05, 4.69) is 45.9 Å². The van der Waals surface area contributed by atoms with E-state index in [0.717, 1.165) is 0 Å². The Hall–Kier alpha value is -0.280. The second kappa shape index (κ2) is 2.10. The molecule has 2 heterocycles. The van der Waals surface area contributed by atoms with Crippen LogP contribution in [0.4, 0.5) is 0 Å². The van der Waals surface area contributed by atoms with Crippen molar-refractivity contribution in [3.8, 4) is 0 Å². The quantitative estimate of drug-likeness (QED) is 0.637. The first-order valence-electron chi connectivity index (χ1n) is 2.98. The van der Waals surface area contributed by atoms with Crippen molar-refractivity contribution < 1.29 is 0 Å². The highest BCUT2D eigenvalue weighted by Gasteiger charge is 2.00. The summed E-state index contributed by atoms with van der Waals surface area (Å²) in [6, 6.07) is 4.27. The molecule has 0 fully saturated rings. The highest BCUT2D eigenvalue weighted by molar-refractivity contribution is 9.11. The maximum atomic E-state index is 3.44. The molecule has 0 atom stereocenters. The van der Waals surface area contributed by atoms with Crippen LogP contribution in [-0.2, 0) is 7.05 Å². The molecular weight excluding hydrogens is 210 g/mol. The summed E-state index contributed by atoms with van der Waals surface area (Å²) < 4.78 is 4.67. The molecule has 10 heavy (non-hydrogen) atoms. The molecule has 0 saturated heterocycles. The van der Waals surface area contributed by atoms with Gasteiger partial charge in [0.15, 0.2) is 0 Å². The van der Waals surface area contributed by atoms with Crippen molar-refractivity contribution in [2.24, 2.45) is 7.05 Å². The van der Waals surface area contributed by atoms with Gasteiger partial charge in [-0.3, -0.25) is 0 Å². The number of aryl methyl sites for hydroxylation is 1. The minimum absolute atomic E-state index is 1.20. The highest BCUT2D eigenvalue weighted by atomic mass is 79.9. The first kappa shape index (κ1) is 6.43. The zero-order valence-corrected chi connectivity index (χ0v) is 7.87. The molecule has 0 bridgehead atoms. The summed E-state index contributed by atoms with van der Waals surface area (Å²) in [6.45, 7) is 0. The fourth-order valence-electron chi connectivity index (χ4n) is 1.02. The Morgan fingerprint density at radius 1 is 1.60 bits per heavy atom. The van der Waals surface area contributed by atoms with E-state index in [0.29, 0.717) is 0 Å². The fraction of sp³-hybridized carbons (Fsp3) is 0.143. The van der Waals surface area contributed by atoms with Gasteiger partial charge in [0.25, 0.3) is 0 Å². The summed E-state index contributed by atoms with van der Waals surface area (Å²) in [5.41, 5.74) is 1.30. The summed E-state index contributed by atoms with van der Waals surface area (Å²) in [5.74, 6) is 0. The Morgan fingerprint density at radius 2 is 2.40 bits per heavy atom. The number of hydrogen-bond acceptors (Lipinski definition) is 1. The predicted molar refractivity (Wildman–Crippen MR) is 48.5 cm³/mol. The highest BCUT2D eigenvalue weighted by Crippen LogP contribution is 2.29. The molecule has 0 radical (unpaired) electrons. The average Bonchev–Trinajstić information content (AvgIpc) is 2.35. The predicted octanol–water partition coefficient (Wildman–Crippen LogP) is 3.00. The van der Waals surface area contributed by atoms with Gasteiger partial charge in [-0.05, 0) is 28.1 Å². The fourth-order valence-corrected chi connectivity index (χ4v) is 2.58. The van der Waals surface area contributed by atoms with Gasteiger partial charge in [-0.25, -0.2) is 0 Å². The largest absolute Gasteiger partial charge is 0.350 e. The third kappa shape index (κ3) is 0.812. The summed E-state index contributed by atoms with van der Waals surface area (Å²) in [4.78, 5) is 0. The van der Waals surface area contributed by atoms with Crippen LogP contribution in [0.5, 0.6) is 0 Å². The minimum Gasteiger partial charge on any atom is -0.350 e. The zero-order chi connectivity index (χ0) is 7.14. The van der Waals surface area contributed by atoms with Crippen molar-refractivity contribution in [3.63, 3.8) is 0 Å². The van der Waals surface area contributed by atoms with Gasteiger partial charge in [-0.15, -0.1) is 11.3 Å². The molecule has 0 aliphatic heterocycles. The Morgan fingerprint density at radius 3 is 3.10 bits per heavy atom. The number of hydrogen-bond donors (Lipinski definition) is 0. The van der Waals surface area contributed by atoms with Crippen LogP contribution >= 0.6 is 27.3 Å². The van der Waals surface area contributed by atoms with Crippen molar-refractivity contribution in [1.82, 2.24) is 4.57 Å². The van der Waals surface area contributed by atoms with Crippen LogP contribution in [-0.4, -0.2) is 4.57 Å². The smallest absolute Gasteiger partial charge is 0.0726 e. The average molecular weight is 216 g/mol. The van der Waals surface area contributed by atoms with Gasteiger partial charge >= 0.3 is 0 Å². The number of nitrogens with zero attached hydrogens (tertiary/aromatic N) is 1. The second-order valence-corrected chi connectivity index (χ2v) is 4.69. The van der Waals surface area contributed by atoms with Gasteiger partial charge in [0.05, 0.1) is 14.0 Å². The summed E-state index contributed by atoms with van der Waals surface area (Å²) in [6.07, 6.45) is 2.08. The van der Waals surface area contributed by atoms with E-state index in [4.69, 9.17) is 0 Å². The summed E-state index contributed by atoms with van der Waals surface area (Å²) in [7, 11) is 2.06. The van der Waals surface area contributed by atoms with Gasteiger partial charge in [-0.2, -0.15) is 0 Å². The van der Waals surface area contributed by atoms with Crippen molar-refractivity contribution in [2.45, 2.75) is 0 Å². The van der Waals surface area contributed by atoms with Crippen molar-refractivity contribution in [3.05, 3.63) is 22.1 Å². The van der Waals surface area contributed by atoms with Gasteiger partial charge in [0, 0.05) is 13.2 Å². The molecule has 0 amide bonds. The van der Waals surface area contributed by atoms with E-state index in [-0.39, 0.29) is 0 Å². The lowest BCUT2D eigenvalue weighted by atomic mass is 10.5. The molecule has 3 heteroatoms. The molecule has 52 valence electrons. The van der Waals surface area contributed by atoms with E-state index in [9.17, 15) is 0 Å². The van der Waals surface area contributed by atoms with Crippen molar-refractivity contribution >= 4 is 37.5 Å². The van der Waals surface area contributed by atoms with Crippen LogP contribution in [0.2, 0.25) is 0 Å². The molecule has 0 spiro atoms. The van der Waals surface area contributed by atoms with Gasteiger partial charge in [0.2, 0.25) is 0 Å². The topological polar surface area (TPSA) is 4.93 Å². The molecule has 2 aromatic rings. The molecule has 0 aliphatic carbocycles. The van der Waals surface area contributed by atoms with Crippen LogP contribution in [0.3, 0.4) is 0 Å². The monoisotopic (exact) mass is 215 g/mol. The standard InChI is InChI=1S/C7H6BrNS/c1-9-3-2-6-5(9)4-7(8)10-6/h2-4H,1H3. The van der Waals surface area contributed by atoms with E-state index in [1.807, 2.05) is 0 Å². The SMILES string of the molecule is Cn1ccc2sc(Br)cc21. The molecule has 2 aromatic heterocycles. The Balaban J connectivity index is 2.90. The minimum atomic E-state index is 1.20. The van der Waals surface area contributed by atoms with Crippen LogP contribution in [0.25, 0.3) is 10.2 Å². The van der Waals surface area contributed by atoms with E-state index >= 15 is 0 Å². The molecule has 0 N–H and O–H groups in total. The normalized spacial score (nSPS) is 11.0. The lowest BCUT2D eigenvalue weighted by molar-refractivity contribution is 0.970. The number of fused-ring (bicyclic) bond motifs is 1. The zero-order valence-electron chi connectivity index (χ0n) is 5.47. The van der Waals surface area contributed by atoms with E-state index in [1.54, 1.807) is 11.3 Å². The van der Waals surface area contributed by atoms with Crippen LogP contribution in [0.15, 0.2) is 22.1 Å². The molecule has 0 aromatic carbocycles. The number of aromatic nitrogens is 1. The molecule has 2 rings (SSSR count). The van der Waals surface area contributed by atoms with Crippen LogP contribution in [0.1, 0.15) is 0 Å². The van der Waals surface area contributed by atoms with E-state index in [1.165, 1.54) is 14.0 Å². The number of halogens is 1. The third-order valence-corrected chi connectivity index (χ3v) is 3.13. The maximum Gasteiger partial charge on any atom is 0.0726 e. The van der Waals surface area contributed by atoms with Crippen LogP contribution in [0, 0.1) is 0 Å². The van der Waals surface area contributed by atoms with Crippen molar-refractivity contribution in [2.75, 3.05) is 0 Å². The second-order valence-electron chi connectivity index (χ2n) is 2.23. The number of rotatable bonds is 0. The van der Waals surface area contributed by atoms with Gasteiger partial charge in [-0.1, -0.05) is 0 Å². The summed E-state index contributed by atoms with van der Waals surface area (Å²) >= 11 is 5.21. The lowest BCUT2D eigenvalue weighted by Gasteiger charge is -1.86. The Bertz CT molecular complexity index is 360. The first-order valence-corrected chi connectivity index (χ1v) is 4.59. The number of thiophene rings is 1. The lowest BCUT2D eigenvalue weighted by Crippen LogP contribution is -1.79. The van der Waals surface area contributed by atoms with Crippen molar-refractivity contribution in [1.29, 1.82) is 0 Å². The Kier molecular flexibility index (Phi) is 1.35. The molecule has 0 saturated carbocycles. The van der Waals surface area contributed by atoms with Crippen LogP contribution < -0.4 is 0 Å².